The van der Waals surface area contributed by atoms with E-state index < -0.39 is 0 Å². The topological polar surface area (TPSA) is 52.6 Å². The Labute approximate surface area is 161 Å². The molecule has 1 aliphatic rings. The second-order valence-electron chi connectivity index (χ2n) is 5.81. The minimum absolute atomic E-state index is 0.301. The van der Waals surface area contributed by atoms with Crippen LogP contribution in [0, 0.1) is 0 Å². The Morgan fingerprint density at radius 1 is 1.12 bits per heavy atom. The lowest BCUT2D eigenvalue weighted by atomic mass is 10.2. The SMILES string of the molecule is CN(C)c1ccc(C=C2SC(=S)N(NC(=O)c3ccccc3)C2=O)cc1. The molecule has 0 atom stereocenters. The summed E-state index contributed by atoms with van der Waals surface area (Å²) < 4.78 is 0.301. The summed E-state index contributed by atoms with van der Waals surface area (Å²) in [5, 5.41) is 1.12. The van der Waals surface area contributed by atoms with Crippen molar-refractivity contribution in [2.45, 2.75) is 0 Å². The smallest absolute Gasteiger partial charge is 0.285 e. The minimum Gasteiger partial charge on any atom is -0.378 e. The predicted octanol–water partition coefficient (Wildman–Crippen LogP) is 3.30. The number of thioether (sulfide) groups is 1. The molecule has 0 saturated carbocycles. The van der Waals surface area contributed by atoms with Gasteiger partial charge in [0.1, 0.15) is 0 Å². The van der Waals surface area contributed by atoms with E-state index in [2.05, 4.69) is 5.43 Å². The standard InChI is InChI=1S/C19H17N3O2S2/c1-21(2)15-10-8-13(9-11-15)12-16-18(24)22(19(25)26-16)20-17(23)14-6-4-3-5-7-14/h3-12H,1-2H3,(H,20,23). The highest BCUT2D eigenvalue weighted by atomic mass is 32.2. The van der Waals surface area contributed by atoms with Gasteiger partial charge in [-0.25, -0.2) is 0 Å². The highest BCUT2D eigenvalue weighted by Gasteiger charge is 2.33. The maximum atomic E-state index is 12.6. The molecule has 0 spiro atoms. The Bertz CT molecular complexity index is 877. The van der Waals surface area contributed by atoms with Crippen LogP contribution < -0.4 is 10.3 Å². The van der Waals surface area contributed by atoms with Crippen molar-refractivity contribution in [1.29, 1.82) is 0 Å². The Balaban J connectivity index is 1.75. The number of nitrogens with zero attached hydrogens (tertiary/aromatic N) is 2. The molecule has 1 aliphatic heterocycles. The van der Waals surface area contributed by atoms with Crippen LogP contribution >= 0.6 is 24.0 Å². The van der Waals surface area contributed by atoms with Gasteiger partial charge < -0.3 is 4.90 Å². The quantitative estimate of drug-likeness (QED) is 0.649. The van der Waals surface area contributed by atoms with Crippen molar-refractivity contribution in [1.82, 2.24) is 10.4 Å². The van der Waals surface area contributed by atoms with Gasteiger partial charge in [0.15, 0.2) is 4.32 Å². The highest BCUT2D eigenvalue weighted by Crippen LogP contribution is 2.31. The third-order valence-electron chi connectivity index (χ3n) is 3.75. The molecule has 2 aromatic carbocycles. The first kappa shape index (κ1) is 18.2. The first-order valence-electron chi connectivity index (χ1n) is 7.87. The number of anilines is 1. The summed E-state index contributed by atoms with van der Waals surface area (Å²) in [5.41, 5.74) is 5.00. The van der Waals surface area contributed by atoms with Crippen LogP contribution in [0.3, 0.4) is 0 Å². The Kier molecular flexibility index (Phi) is 5.39. The molecule has 0 radical (unpaired) electrons. The van der Waals surface area contributed by atoms with E-state index in [1.54, 1.807) is 30.3 Å². The van der Waals surface area contributed by atoms with Gasteiger partial charge in [-0.3, -0.25) is 15.0 Å². The number of rotatable bonds is 4. The van der Waals surface area contributed by atoms with Crippen molar-refractivity contribution < 1.29 is 9.59 Å². The van der Waals surface area contributed by atoms with E-state index in [4.69, 9.17) is 12.2 Å². The van der Waals surface area contributed by atoms with Gasteiger partial charge in [0.2, 0.25) is 0 Å². The summed E-state index contributed by atoms with van der Waals surface area (Å²) in [6.45, 7) is 0. The Morgan fingerprint density at radius 2 is 1.77 bits per heavy atom. The van der Waals surface area contributed by atoms with E-state index in [0.29, 0.717) is 14.8 Å². The molecule has 0 unspecified atom stereocenters. The van der Waals surface area contributed by atoms with E-state index in [9.17, 15) is 9.59 Å². The number of carbonyl (C=O) groups excluding carboxylic acids is 2. The number of hydrogen-bond acceptors (Lipinski definition) is 5. The van der Waals surface area contributed by atoms with Crippen LogP contribution in [0.15, 0.2) is 59.5 Å². The van der Waals surface area contributed by atoms with Crippen LogP contribution in [0.4, 0.5) is 5.69 Å². The molecule has 0 aliphatic carbocycles. The third-order valence-corrected chi connectivity index (χ3v) is 5.05. The number of nitrogens with one attached hydrogen (secondary N) is 1. The highest BCUT2D eigenvalue weighted by molar-refractivity contribution is 8.26. The van der Waals surface area contributed by atoms with Crippen LogP contribution in [0.5, 0.6) is 0 Å². The maximum absolute atomic E-state index is 12.6. The Hall–Kier alpha value is -2.64. The molecule has 26 heavy (non-hydrogen) atoms. The largest absolute Gasteiger partial charge is 0.378 e. The average molecular weight is 383 g/mol. The van der Waals surface area contributed by atoms with E-state index in [0.717, 1.165) is 16.3 Å². The van der Waals surface area contributed by atoms with Crippen LogP contribution in [-0.2, 0) is 4.79 Å². The third kappa shape index (κ3) is 3.95. The summed E-state index contributed by atoms with van der Waals surface area (Å²) in [6, 6.07) is 16.5. The predicted molar refractivity (Wildman–Crippen MR) is 110 cm³/mol. The van der Waals surface area contributed by atoms with Gasteiger partial charge in [-0.05, 0) is 48.1 Å². The van der Waals surface area contributed by atoms with E-state index in [1.807, 2.05) is 49.3 Å². The van der Waals surface area contributed by atoms with Crippen LogP contribution in [-0.4, -0.2) is 35.2 Å². The average Bonchev–Trinajstić information content (AvgIpc) is 2.90. The fourth-order valence-electron chi connectivity index (χ4n) is 2.34. The van der Waals surface area contributed by atoms with Crippen molar-refractivity contribution in [3.63, 3.8) is 0 Å². The summed E-state index contributed by atoms with van der Waals surface area (Å²) in [5.74, 6) is -0.709. The molecule has 3 rings (SSSR count). The fourth-order valence-corrected chi connectivity index (χ4v) is 3.52. The number of thiocarbonyl (C=S) groups is 1. The van der Waals surface area contributed by atoms with Crippen molar-refractivity contribution in [2.24, 2.45) is 0 Å². The molecule has 1 N–H and O–H groups in total. The zero-order chi connectivity index (χ0) is 18.7. The zero-order valence-corrected chi connectivity index (χ0v) is 15.9. The fraction of sp³-hybridized carbons (Fsp3) is 0.105. The first-order chi connectivity index (χ1) is 12.5. The summed E-state index contributed by atoms with van der Waals surface area (Å²) in [4.78, 5) is 27.3. The molecular weight excluding hydrogens is 366 g/mol. The van der Waals surface area contributed by atoms with Gasteiger partial charge in [-0.2, -0.15) is 5.01 Å². The van der Waals surface area contributed by atoms with Crippen LogP contribution in [0.2, 0.25) is 0 Å². The number of amides is 2. The molecule has 0 aromatic heterocycles. The number of carbonyl (C=O) groups is 2. The lowest BCUT2D eigenvalue weighted by Crippen LogP contribution is -2.44. The van der Waals surface area contributed by atoms with Gasteiger partial charge in [-0.15, -0.1) is 0 Å². The van der Waals surface area contributed by atoms with Gasteiger partial charge >= 0.3 is 0 Å². The van der Waals surface area contributed by atoms with E-state index >= 15 is 0 Å². The minimum atomic E-state index is -0.376. The Morgan fingerprint density at radius 3 is 2.38 bits per heavy atom. The second-order valence-corrected chi connectivity index (χ2v) is 7.49. The molecular formula is C19H17N3O2S2. The molecule has 1 saturated heterocycles. The van der Waals surface area contributed by atoms with E-state index in [1.165, 1.54) is 11.8 Å². The molecule has 132 valence electrons. The molecule has 0 bridgehead atoms. The normalized spacial score (nSPS) is 15.5. The molecule has 7 heteroatoms. The lowest BCUT2D eigenvalue weighted by Gasteiger charge is -2.15. The van der Waals surface area contributed by atoms with Crippen molar-refractivity contribution >= 4 is 51.9 Å². The van der Waals surface area contributed by atoms with Gasteiger partial charge in [-0.1, -0.05) is 42.1 Å². The van der Waals surface area contributed by atoms with Gasteiger partial charge in [0, 0.05) is 25.3 Å². The van der Waals surface area contributed by atoms with Gasteiger partial charge in [0.25, 0.3) is 11.8 Å². The summed E-state index contributed by atoms with van der Waals surface area (Å²) in [6.07, 6.45) is 1.77. The molecule has 1 fully saturated rings. The maximum Gasteiger partial charge on any atom is 0.285 e. The number of hydrazine groups is 1. The number of hydrogen-bond donors (Lipinski definition) is 1. The van der Waals surface area contributed by atoms with Crippen molar-refractivity contribution in [3.05, 3.63) is 70.6 Å². The van der Waals surface area contributed by atoms with E-state index in [-0.39, 0.29) is 11.8 Å². The molecule has 2 aromatic rings. The zero-order valence-electron chi connectivity index (χ0n) is 14.3. The van der Waals surface area contributed by atoms with Gasteiger partial charge in [0.05, 0.1) is 4.91 Å². The van der Waals surface area contributed by atoms with Crippen molar-refractivity contribution in [2.75, 3.05) is 19.0 Å². The summed E-state index contributed by atoms with van der Waals surface area (Å²) >= 11 is 6.41. The monoisotopic (exact) mass is 383 g/mol. The van der Waals surface area contributed by atoms with Crippen LogP contribution in [0.25, 0.3) is 6.08 Å². The molecule has 2 amide bonds. The lowest BCUT2D eigenvalue weighted by molar-refractivity contribution is -0.123. The first-order valence-corrected chi connectivity index (χ1v) is 9.09. The summed E-state index contributed by atoms with van der Waals surface area (Å²) in [7, 11) is 3.94. The molecule has 1 heterocycles. The van der Waals surface area contributed by atoms with Crippen LogP contribution in [0.1, 0.15) is 15.9 Å². The van der Waals surface area contributed by atoms with Crippen molar-refractivity contribution in [3.8, 4) is 0 Å². The molecule has 5 nitrogen and oxygen atoms in total. The second kappa shape index (κ2) is 7.72. The number of benzene rings is 2.